The van der Waals surface area contributed by atoms with E-state index in [4.69, 9.17) is 5.73 Å². The normalized spacial score (nSPS) is 11.8. The maximum atomic E-state index is 11.6. The van der Waals surface area contributed by atoms with Crippen LogP contribution in [-0.2, 0) is 0 Å². The summed E-state index contributed by atoms with van der Waals surface area (Å²) in [6, 6.07) is 0. The SMILES string of the molecule is CC(C)C(C)(C)CNC(=O)c1nc(N)n[nH]1. The first kappa shape index (κ1) is 12.5. The third kappa shape index (κ3) is 2.95. The number of nitrogens with zero attached hydrogens (tertiary/aromatic N) is 2. The quantitative estimate of drug-likeness (QED) is 0.706. The molecule has 0 aliphatic carbocycles. The average Bonchev–Trinajstić information content (AvgIpc) is 2.61. The number of nitrogen functional groups attached to an aromatic ring is 1. The lowest BCUT2D eigenvalue weighted by Gasteiger charge is -2.29. The summed E-state index contributed by atoms with van der Waals surface area (Å²) in [7, 11) is 0. The number of aromatic nitrogens is 3. The third-order valence-corrected chi connectivity index (χ3v) is 2.99. The van der Waals surface area contributed by atoms with Gasteiger partial charge in [0.1, 0.15) is 0 Å². The van der Waals surface area contributed by atoms with Gasteiger partial charge in [-0.25, -0.2) is 0 Å². The summed E-state index contributed by atoms with van der Waals surface area (Å²) in [4.78, 5) is 15.4. The number of carbonyl (C=O) groups is 1. The summed E-state index contributed by atoms with van der Waals surface area (Å²) in [5.74, 6) is 0.427. The first-order valence-corrected chi connectivity index (χ1v) is 5.29. The van der Waals surface area contributed by atoms with Crippen LogP contribution in [0.25, 0.3) is 0 Å². The number of hydrogen-bond donors (Lipinski definition) is 3. The molecule has 0 aliphatic heterocycles. The van der Waals surface area contributed by atoms with Crippen LogP contribution in [0.1, 0.15) is 38.3 Å². The number of amides is 1. The van der Waals surface area contributed by atoms with Crippen molar-refractivity contribution in [3.63, 3.8) is 0 Å². The van der Waals surface area contributed by atoms with Crippen molar-refractivity contribution in [2.75, 3.05) is 12.3 Å². The zero-order chi connectivity index (χ0) is 12.3. The monoisotopic (exact) mass is 225 g/mol. The predicted molar refractivity (Wildman–Crippen MR) is 61.7 cm³/mol. The van der Waals surface area contributed by atoms with E-state index in [1.165, 1.54) is 0 Å². The van der Waals surface area contributed by atoms with Crippen LogP contribution >= 0.6 is 0 Å². The van der Waals surface area contributed by atoms with Crippen molar-refractivity contribution in [3.8, 4) is 0 Å². The maximum Gasteiger partial charge on any atom is 0.288 e. The average molecular weight is 225 g/mol. The second kappa shape index (κ2) is 4.51. The molecule has 0 aliphatic rings. The van der Waals surface area contributed by atoms with Crippen LogP contribution in [0, 0.1) is 11.3 Å². The van der Waals surface area contributed by atoms with Crippen molar-refractivity contribution in [2.45, 2.75) is 27.7 Å². The Morgan fingerprint density at radius 3 is 2.62 bits per heavy atom. The number of nitrogens with two attached hydrogens (primary N) is 1. The van der Waals surface area contributed by atoms with E-state index in [1.54, 1.807) is 0 Å². The number of anilines is 1. The van der Waals surface area contributed by atoms with E-state index in [0.717, 1.165) is 0 Å². The molecule has 0 fully saturated rings. The molecule has 0 saturated heterocycles. The van der Waals surface area contributed by atoms with Crippen molar-refractivity contribution < 1.29 is 4.79 Å². The largest absolute Gasteiger partial charge is 0.366 e. The Kier molecular flexibility index (Phi) is 3.51. The van der Waals surface area contributed by atoms with Gasteiger partial charge in [-0.15, -0.1) is 5.10 Å². The second-order valence-corrected chi connectivity index (χ2v) is 4.87. The Morgan fingerprint density at radius 2 is 2.19 bits per heavy atom. The van der Waals surface area contributed by atoms with E-state index in [-0.39, 0.29) is 23.1 Å². The highest BCUT2D eigenvalue weighted by Gasteiger charge is 2.23. The first-order chi connectivity index (χ1) is 7.33. The molecule has 1 amide bonds. The molecule has 90 valence electrons. The van der Waals surface area contributed by atoms with Crippen LogP contribution in [0.4, 0.5) is 5.95 Å². The van der Waals surface area contributed by atoms with Gasteiger partial charge in [-0.1, -0.05) is 27.7 Å². The molecule has 1 aromatic rings. The van der Waals surface area contributed by atoms with Gasteiger partial charge in [0.05, 0.1) is 0 Å². The summed E-state index contributed by atoms with van der Waals surface area (Å²) in [5.41, 5.74) is 5.36. The molecule has 1 rings (SSSR count). The lowest BCUT2D eigenvalue weighted by Crippen LogP contribution is -2.37. The van der Waals surface area contributed by atoms with Crippen molar-refractivity contribution in [1.82, 2.24) is 20.5 Å². The lowest BCUT2D eigenvalue weighted by molar-refractivity contribution is 0.0915. The fourth-order valence-electron chi connectivity index (χ4n) is 0.972. The molecule has 0 saturated carbocycles. The van der Waals surface area contributed by atoms with Crippen molar-refractivity contribution in [2.24, 2.45) is 11.3 Å². The van der Waals surface area contributed by atoms with E-state index < -0.39 is 0 Å². The molecule has 6 heteroatoms. The van der Waals surface area contributed by atoms with Gasteiger partial charge in [0, 0.05) is 6.54 Å². The van der Waals surface area contributed by atoms with Crippen molar-refractivity contribution in [3.05, 3.63) is 5.82 Å². The van der Waals surface area contributed by atoms with Gasteiger partial charge < -0.3 is 11.1 Å². The van der Waals surface area contributed by atoms with Crippen molar-refractivity contribution >= 4 is 11.9 Å². The highest BCUT2D eigenvalue weighted by atomic mass is 16.2. The zero-order valence-corrected chi connectivity index (χ0v) is 10.2. The summed E-state index contributed by atoms with van der Waals surface area (Å²) >= 11 is 0. The fraction of sp³-hybridized carbons (Fsp3) is 0.700. The fourth-order valence-corrected chi connectivity index (χ4v) is 0.972. The Balaban J connectivity index is 2.54. The van der Waals surface area contributed by atoms with Crippen LogP contribution in [0.15, 0.2) is 0 Å². The Labute approximate surface area is 95.0 Å². The van der Waals surface area contributed by atoms with Gasteiger partial charge >= 0.3 is 0 Å². The van der Waals surface area contributed by atoms with Gasteiger partial charge in [-0.05, 0) is 11.3 Å². The van der Waals surface area contributed by atoms with Gasteiger partial charge in [0.2, 0.25) is 11.8 Å². The smallest absolute Gasteiger partial charge is 0.288 e. The van der Waals surface area contributed by atoms with E-state index in [0.29, 0.717) is 12.5 Å². The molecule has 6 nitrogen and oxygen atoms in total. The predicted octanol–water partition coefficient (Wildman–Crippen LogP) is 0.799. The maximum absolute atomic E-state index is 11.6. The summed E-state index contributed by atoms with van der Waals surface area (Å²) in [6.07, 6.45) is 0. The molecule has 0 spiro atoms. The van der Waals surface area contributed by atoms with Crippen LogP contribution in [0.3, 0.4) is 0 Å². The van der Waals surface area contributed by atoms with E-state index in [2.05, 4.69) is 48.2 Å². The van der Waals surface area contributed by atoms with Gasteiger partial charge in [-0.3, -0.25) is 9.89 Å². The van der Waals surface area contributed by atoms with E-state index in [9.17, 15) is 4.79 Å². The highest BCUT2D eigenvalue weighted by molar-refractivity contribution is 5.90. The second-order valence-electron chi connectivity index (χ2n) is 4.87. The Hall–Kier alpha value is -1.59. The summed E-state index contributed by atoms with van der Waals surface area (Å²) in [6.45, 7) is 9.04. The molecular formula is C10H19N5O. The number of nitrogens with one attached hydrogen (secondary N) is 2. The summed E-state index contributed by atoms with van der Waals surface area (Å²) in [5, 5.41) is 8.88. The highest BCUT2D eigenvalue weighted by Crippen LogP contribution is 2.24. The molecule has 0 unspecified atom stereocenters. The molecule has 1 heterocycles. The molecule has 0 aromatic carbocycles. The standard InChI is InChI=1S/C10H19N5O/c1-6(2)10(3,4)5-12-8(16)7-13-9(11)15-14-7/h6H,5H2,1-4H3,(H,12,16)(H3,11,13,14,15). The summed E-state index contributed by atoms with van der Waals surface area (Å²) < 4.78 is 0. The number of carbonyl (C=O) groups excluding carboxylic acids is 1. The van der Waals surface area contributed by atoms with Crippen molar-refractivity contribution in [1.29, 1.82) is 0 Å². The third-order valence-electron chi connectivity index (χ3n) is 2.99. The number of hydrogen-bond acceptors (Lipinski definition) is 4. The van der Waals surface area contributed by atoms with Gasteiger partial charge in [-0.2, -0.15) is 4.98 Å². The minimum Gasteiger partial charge on any atom is -0.366 e. The minimum atomic E-state index is -0.280. The zero-order valence-electron chi connectivity index (χ0n) is 10.2. The first-order valence-electron chi connectivity index (χ1n) is 5.29. The van der Waals surface area contributed by atoms with Crippen LogP contribution < -0.4 is 11.1 Å². The lowest BCUT2D eigenvalue weighted by atomic mass is 9.81. The molecule has 16 heavy (non-hydrogen) atoms. The Bertz CT molecular complexity index is 369. The van der Waals surface area contributed by atoms with Crippen LogP contribution in [0.5, 0.6) is 0 Å². The number of rotatable bonds is 4. The molecular weight excluding hydrogens is 206 g/mol. The Morgan fingerprint density at radius 1 is 1.56 bits per heavy atom. The van der Waals surface area contributed by atoms with Gasteiger partial charge in [0.15, 0.2) is 0 Å². The molecule has 0 bridgehead atoms. The number of aromatic amines is 1. The molecule has 4 N–H and O–H groups in total. The molecule has 0 atom stereocenters. The van der Waals surface area contributed by atoms with Crippen LogP contribution in [-0.4, -0.2) is 27.6 Å². The van der Waals surface area contributed by atoms with Crippen LogP contribution in [0.2, 0.25) is 0 Å². The molecule has 0 radical (unpaired) electrons. The van der Waals surface area contributed by atoms with Gasteiger partial charge in [0.25, 0.3) is 5.91 Å². The number of H-pyrrole nitrogens is 1. The molecule has 1 aromatic heterocycles. The van der Waals surface area contributed by atoms with E-state index >= 15 is 0 Å². The van der Waals surface area contributed by atoms with E-state index in [1.807, 2.05) is 0 Å². The topological polar surface area (TPSA) is 96.7 Å². The minimum absolute atomic E-state index is 0.0429.